The number of aromatic amines is 1. The Morgan fingerprint density at radius 3 is 2.68 bits per heavy atom. The minimum Gasteiger partial charge on any atom is -0.507 e. The lowest BCUT2D eigenvalue weighted by molar-refractivity contribution is 0.462. The number of hydrogen-bond acceptors (Lipinski definition) is 2. The lowest BCUT2D eigenvalue weighted by Crippen LogP contribution is -1.84. The number of aromatic nitrogens is 1. The van der Waals surface area contributed by atoms with E-state index in [1.165, 1.54) is 0 Å². The lowest BCUT2D eigenvalue weighted by Gasteiger charge is -2.05. The predicted molar refractivity (Wildman–Crippen MR) is 91.9 cm³/mol. The van der Waals surface area contributed by atoms with Crippen molar-refractivity contribution in [1.82, 2.24) is 4.98 Å². The summed E-state index contributed by atoms with van der Waals surface area (Å²) >= 11 is 4.35. The average molecular weight is 477 g/mol. The van der Waals surface area contributed by atoms with Gasteiger partial charge in [-0.1, -0.05) is 0 Å². The molecule has 0 bridgehead atoms. The monoisotopic (exact) mass is 477 g/mol. The zero-order valence-corrected chi connectivity index (χ0v) is 14.0. The zero-order valence-electron chi connectivity index (χ0n) is 9.65. The second-order valence-corrected chi connectivity index (χ2v) is 6.47. The predicted octanol–water partition coefficient (Wildman–Crippen LogP) is 4.88. The van der Waals surface area contributed by atoms with Gasteiger partial charge >= 0.3 is 0 Å². The number of rotatable bonds is 2. The molecule has 0 aliphatic heterocycles. The highest BCUT2D eigenvalue weighted by atomic mass is 127. The molecule has 0 aliphatic rings. The molecule has 3 rings (SSSR count). The van der Waals surface area contributed by atoms with Crippen LogP contribution in [0.15, 0.2) is 42.6 Å². The Morgan fingerprint density at radius 1 is 1.05 bits per heavy atom. The molecule has 3 nitrogen and oxygen atoms in total. The van der Waals surface area contributed by atoms with Crippen molar-refractivity contribution in [2.45, 2.75) is 0 Å². The number of hydrogen-bond donors (Lipinski definition) is 2. The molecular weight excluding hydrogens is 468 g/mol. The van der Waals surface area contributed by atoms with Crippen LogP contribution in [0.3, 0.4) is 0 Å². The van der Waals surface area contributed by atoms with Crippen molar-refractivity contribution in [3.05, 3.63) is 49.7 Å². The van der Waals surface area contributed by atoms with Crippen LogP contribution in [0.4, 0.5) is 0 Å². The second kappa shape index (κ2) is 5.20. The van der Waals surface area contributed by atoms with Gasteiger partial charge in [0, 0.05) is 20.7 Å². The van der Waals surface area contributed by atoms with Crippen LogP contribution in [-0.4, -0.2) is 10.1 Å². The SMILES string of the molecule is Oc1ccc(Oc2c[nH]c3ccc(I)cc23)cc1I. The van der Waals surface area contributed by atoms with Crippen LogP contribution in [0.25, 0.3) is 10.9 Å². The fourth-order valence-corrected chi connectivity index (χ4v) is 2.81. The van der Waals surface area contributed by atoms with Crippen LogP contribution in [-0.2, 0) is 0 Å². The van der Waals surface area contributed by atoms with Gasteiger partial charge in [-0.05, 0) is 81.6 Å². The second-order valence-electron chi connectivity index (χ2n) is 4.06. The Kier molecular flexibility index (Phi) is 3.57. The van der Waals surface area contributed by atoms with E-state index >= 15 is 0 Å². The number of halogens is 2. The molecule has 0 spiro atoms. The Labute approximate surface area is 137 Å². The first-order valence-corrected chi connectivity index (χ1v) is 7.72. The van der Waals surface area contributed by atoms with E-state index in [0.29, 0.717) is 5.75 Å². The molecule has 5 heteroatoms. The van der Waals surface area contributed by atoms with Gasteiger partial charge in [-0.3, -0.25) is 0 Å². The number of benzene rings is 2. The van der Waals surface area contributed by atoms with E-state index in [9.17, 15) is 5.11 Å². The summed E-state index contributed by atoms with van der Waals surface area (Å²) in [5, 5.41) is 10.6. The number of H-pyrrole nitrogens is 1. The Hall–Kier alpha value is -0.960. The van der Waals surface area contributed by atoms with E-state index in [1.54, 1.807) is 12.1 Å². The van der Waals surface area contributed by atoms with Crippen molar-refractivity contribution >= 4 is 56.1 Å². The summed E-state index contributed by atoms with van der Waals surface area (Å²) < 4.78 is 7.80. The third-order valence-corrected chi connectivity index (χ3v) is 4.29. The molecule has 2 N–H and O–H groups in total. The number of phenols is 1. The summed E-state index contributed by atoms with van der Waals surface area (Å²) in [7, 11) is 0. The zero-order chi connectivity index (χ0) is 13.4. The number of nitrogens with one attached hydrogen (secondary N) is 1. The third kappa shape index (κ3) is 2.66. The van der Waals surface area contributed by atoms with Gasteiger partial charge in [0.05, 0.1) is 3.57 Å². The average Bonchev–Trinajstić information content (AvgIpc) is 2.77. The molecule has 0 unspecified atom stereocenters. The van der Waals surface area contributed by atoms with E-state index in [1.807, 2.05) is 24.4 Å². The van der Waals surface area contributed by atoms with Gasteiger partial charge in [-0.2, -0.15) is 0 Å². The molecule has 1 aromatic heterocycles. The Morgan fingerprint density at radius 2 is 1.89 bits per heavy atom. The van der Waals surface area contributed by atoms with E-state index < -0.39 is 0 Å². The molecule has 19 heavy (non-hydrogen) atoms. The van der Waals surface area contributed by atoms with Gasteiger partial charge in [0.15, 0.2) is 5.75 Å². The fourth-order valence-electron chi connectivity index (χ4n) is 1.83. The minimum absolute atomic E-state index is 0.265. The van der Waals surface area contributed by atoms with E-state index in [2.05, 4.69) is 56.2 Å². The molecule has 0 atom stereocenters. The highest BCUT2D eigenvalue weighted by Crippen LogP contribution is 2.33. The van der Waals surface area contributed by atoms with Gasteiger partial charge in [-0.25, -0.2) is 0 Å². The highest BCUT2D eigenvalue weighted by Gasteiger charge is 2.07. The summed E-state index contributed by atoms with van der Waals surface area (Å²) in [5.41, 5.74) is 1.05. The summed E-state index contributed by atoms with van der Waals surface area (Å²) in [4.78, 5) is 3.18. The number of fused-ring (bicyclic) bond motifs is 1. The number of aromatic hydroxyl groups is 1. The quantitative estimate of drug-likeness (QED) is 0.518. The summed E-state index contributed by atoms with van der Waals surface area (Å²) in [5.74, 6) is 1.76. The van der Waals surface area contributed by atoms with Gasteiger partial charge in [0.25, 0.3) is 0 Å². The maximum atomic E-state index is 9.51. The van der Waals surface area contributed by atoms with Crippen LogP contribution in [0.1, 0.15) is 0 Å². The number of ether oxygens (including phenoxy) is 1. The van der Waals surface area contributed by atoms with Gasteiger partial charge < -0.3 is 14.8 Å². The molecule has 0 saturated carbocycles. The molecule has 1 heterocycles. The van der Waals surface area contributed by atoms with Gasteiger partial charge in [-0.15, -0.1) is 0 Å². The fraction of sp³-hybridized carbons (Fsp3) is 0. The van der Waals surface area contributed by atoms with Crippen molar-refractivity contribution in [3.8, 4) is 17.2 Å². The van der Waals surface area contributed by atoms with Crippen molar-refractivity contribution < 1.29 is 9.84 Å². The topological polar surface area (TPSA) is 45.2 Å². The first-order valence-electron chi connectivity index (χ1n) is 5.56. The van der Waals surface area contributed by atoms with Crippen LogP contribution in [0.2, 0.25) is 0 Å². The van der Waals surface area contributed by atoms with Crippen LogP contribution >= 0.6 is 45.2 Å². The van der Waals surface area contributed by atoms with Crippen LogP contribution < -0.4 is 4.74 Å². The van der Waals surface area contributed by atoms with Crippen LogP contribution in [0, 0.1) is 7.14 Å². The van der Waals surface area contributed by atoms with Crippen molar-refractivity contribution in [2.24, 2.45) is 0 Å². The molecule has 0 amide bonds. The molecule has 2 aromatic carbocycles. The first kappa shape index (κ1) is 13.0. The van der Waals surface area contributed by atoms with E-state index in [4.69, 9.17) is 4.74 Å². The Bertz CT molecular complexity index is 752. The molecular formula is C14H9I2NO2. The number of phenolic OH excluding ortho intramolecular Hbond substituents is 1. The normalized spacial score (nSPS) is 10.8. The van der Waals surface area contributed by atoms with E-state index in [-0.39, 0.29) is 5.75 Å². The van der Waals surface area contributed by atoms with Gasteiger partial charge in [0.1, 0.15) is 11.5 Å². The smallest absolute Gasteiger partial charge is 0.152 e. The minimum atomic E-state index is 0.265. The maximum Gasteiger partial charge on any atom is 0.152 e. The highest BCUT2D eigenvalue weighted by molar-refractivity contribution is 14.1. The molecule has 0 aliphatic carbocycles. The van der Waals surface area contributed by atoms with E-state index in [0.717, 1.165) is 23.8 Å². The van der Waals surface area contributed by atoms with Gasteiger partial charge in [0.2, 0.25) is 0 Å². The van der Waals surface area contributed by atoms with Crippen molar-refractivity contribution in [3.63, 3.8) is 0 Å². The van der Waals surface area contributed by atoms with Crippen molar-refractivity contribution in [2.75, 3.05) is 0 Å². The summed E-state index contributed by atoms with van der Waals surface area (Å²) in [6.07, 6.45) is 1.85. The molecule has 0 fully saturated rings. The maximum absolute atomic E-state index is 9.51. The standard InChI is InChI=1S/C14H9I2NO2/c15-8-1-3-12-10(5-8)14(7-17-12)19-9-2-4-13(18)11(16)6-9/h1-7,17-18H. The molecule has 3 aromatic rings. The first-order chi connectivity index (χ1) is 9.13. The summed E-state index contributed by atoms with van der Waals surface area (Å²) in [6.45, 7) is 0. The van der Waals surface area contributed by atoms with Crippen molar-refractivity contribution in [1.29, 1.82) is 0 Å². The lowest BCUT2D eigenvalue weighted by atomic mass is 10.2. The molecule has 96 valence electrons. The molecule has 0 saturated heterocycles. The van der Waals surface area contributed by atoms with Crippen LogP contribution in [0.5, 0.6) is 17.2 Å². The third-order valence-electron chi connectivity index (χ3n) is 2.75. The largest absolute Gasteiger partial charge is 0.507 e. The Balaban J connectivity index is 2.00. The summed E-state index contributed by atoms with van der Waals surface area (Å²) in [6, 6.07) is 11.4. The molecule has 0 radical (unpaired) electrons.